The number of fused-ring (bicyclic) bond motifs is 1. The molecule has 7 heteroatoms. The fraction of sp³-hybridized carbons (Fsp3) is 0.231. The van der Waals surface area contributed by atoms with Crippen LogP contribution in [0.25, 0.3) is 5.65 Å². The lowest BCUT2D eigenvalue weighted by Gasteiger charge is -2.19. The van der Waals surface area contributed by atoms with Crippen molar-refractivity contribution >= 4 is 17.4 Å². The minimum Gasteiger partial charge on any atom is -0.369 e. The molecule has 0 radical (unpaired) electrons. The monoisotopic (exact) mass is 269 g/mol. The maximum atomic E-state index is 5.90. The molecule has 0 fully saturated rings. The van der Waals surface area contributed by atoms with Gasteiger partial charge in [-0.2, -0.15) is 4.98 Å². The lowest BCUT2D eigenvalue weighted by atomic mass is 10.1. The molecule has 3 rings (SSSR count). The number of nitrogens with zero attached hydrogens (tertiary/aromatic N) is 6. The molecule has 0 aliphatic heterocycles. The second-order valence-electron chi connectivity index (χ2n) is 4.69. The van der Waals surface area contributed by atoms with E-state index in [1.165, 1.54) is 5.56 Å². The van der Waals surface area contributed by atoms with Gasteiger partial charge < -0.3 is 10.6 Å². The van der Waals surface area contributed by atoms with Crippen LogP contribution < -0.4 is 10.6 Å². The second-order valence-corrected chi connectivity index (χ2v) is 4.69. The van der Waals surface area contributed by atoms with Crippen LogP contribution in [-0.2, 0) is 6.54 Å². The van der Waals surface area contributed by atoms with Gasteiger partial charge in [0.1, 0.15) is 12.1 Å². The molecule has 0 aliphatic carbocycles. The van der Waals surface area contributed by atoms with Gasteiger partial charge in [-0.1, -0.05) is 0 Å². The average molecular weight is 269 g/mol. The van der Waals surface area contributed by atoms with E-state index in [0.717, 1.165) is 17.9 Å². The van der Waals surface area contributed by atoms with E-state index < -0.39 is 0 Å². The molecule has 0 saturated heterocycles. The molecular formula is C13H15N7. The molecule has 0 unspecified atom stereocenters. The third kappa shape index (κ3) is 2.13. The highest BCUT2D eigenvalue weighted by atomic mass is 15.3. The largest absolute Gasteiger partial charge is 0.369 e. The van der Waals surface area contributed by atoms with Crippen molar-refractivity contribution in [2.75, 3.05) is 17.7 Å². The number of hydrogen-bond donors (Lipinski definition) is 1. The zero-order valence-corrected chi connectivity index (χ0v) is 11.4. The maximum Gasteiger partial charge on any atom is 0.209 e. The van der Waals surface area contributed by atoms with Crippen LogP contribution in [0.2, 0.25) is 0 Å². The van der Waals surface area contributed by atoms with Gasteiger partial charge in [0.05, 0.1) is 0 Å². The zero-order chi connectivity index (χ0) is 14.1. The first kappa shape index (κ1) is 12.3. The van der Waals surface area contributed by atoms with Crippen LogP contribution in [0.3, 0.4) is 0 Å². The summed E-state index contributed by atoms with van der Waals surface area (Å²) in [5, 5.41) is 7.83. The topological polar surface area (TPSA) is 85.2 Å². The van der Waals surface area contributed by atoms with Gasteiger partial charge in [-0.3, -0.25) is 9.38 Å². The Hall–Kier alpha value is -2.70. The molecule has 3 aromatic heterocycles. The molecule has 2 N–H and O–H groups in total. The first-order valence-corrected chi connectivity index (χ1v) is 6.22. The minimum atomic E-state index is 0.376. The highest BCUT2D eigenvalue weighted by Crippen LogP contribution is 2.17. The van der Waals surface area contributed by atoms with Crippen molar-refractivity contribution in [3.05, 3.63) is 42.0 Å². The van der Waals surface area contributed by atoms with Gasteiger partial charge in [0, 0.05) is 32.1 Å². The van der Waals surface area contributed by atoms with Crippen molar-refractivity contribution in [2.45, 2.75) is 13.5 Å². The van der Waals surface area contributed by atoms with Crippen molar-refractivity contribution in [3.8, 4) is 0 Å². The number of pyridine rings is 1. The smallest absolute Gasteiger partial charge is 0.209 e. The van der Waals surface area contributed by atoms with E-state index in [0.29, 0.717) is 11.6 Å². The van der Waals surface area contributed by atoms with E-state index >= 15 is 0 Å². The highest BCUT2D eigenvalue weighted by molar-refractivity contribution is 5.55. The van der Waals surface area contributed by atoms with Crippen LogP contribution in [0, 0.1) is 6.92 Å². The van der Waals surface area contributed by atoms with Gasteiger partial charge in [0.15, 0.2) is 5.65 Å². The summed E-state index contributed by atoms with van der Waals surface area (Å²) in [6.07, 6.45) is 5.20. The molecule has 3 heterocycles. The molecule has 0 atom stereocenters. The summed E-state index contributed by atoms with van der Waals surface area (Å²) in [4.78, 5) is 10.5. The van der Waals surface area contributed by atoms with Gasteiger partial charge in [0.25, 0.3) is 0 Å². The van der Waals surface area contributed by atoms with E-state index in [9.17, 15) is 0 Å². The summed E-state index contributed by atoms with van der Waals surface area (Å²) < 4.78 is 1.65. The number of nitrogen functional groups attached to an aromatic ring is 1. The fourth-order valence-corrected chi connectivity index (χ4v) is 2.05. The lowest BCUT2D eigenvalue weighted by Crippen LogP contribution is -2.19. The van der Waals surface area contributed by atoms with Crippen LogP contribution in [0.15, 0.2) is 30.9 Å². The summed E-state index contributed by atoms with van der Waals surface area (Å²) in [5.41, 5.74) is 8.93. The van der Waals surface area contributed by atoms with Crippen molar-refractivity contribution in [1.82, 2.24) is 24.6 Å². The highest BCUT2D eigenvalue weighted by Gasteiger charge is 2.10. The third-order valence-electron chi connectivity index (χ3n) is 3.24. The molecule has 0 bridgehead atoms. The standard InChI is InChI=1S/C13H15N7/c1-9-6-15-4-3-10(9)7-19(2)11-5-12-18-16-8-20(12)13(14)17-11/h3-6,8H,7H2,1-2H3,(H2,14,17). The van der Waals surface area contributed by atoms with Gasteiger partial charge in [0.2, 0.25) is 5.95 Å². The number of aromatic nitrogens is 5. The molecular weight excluding hydrogens is 254 g/mol. The van der Waals surface area contributed by atoms with E-state index in [1.807, 2.05) is 37.2 Å². The predicted molar refractivity (Wildman–Crippen MR) is 76.3 cm³/mol. The lowest BCUT2D eigenvalue weighted by molar-refractivity contribution is 0.881. The normalized spacial score (nSPS) is 10.9. The number of rotatable bonds is 3. The molecule has 0 amide bonds. The quantitative estimate of drug-likeness (QED) is 0.765. The van der Waals surface area contributed by atoms with Crippen molar-refractivity contribution in [2.24, 2.45) is 0 Å². The summed E-state index contributed by atoms with van der Waals surface area (Å²) in [5.74, 6) is 1.14. The van der Waals surface area contributed by atoms with E-state index in [-0.39, 0.29) is 0 Å². The molecule has 0 aromatic carbocycles. The Bertz CT molecular complexity index is 749. The van der Waals surface area contributed by atoms with Crippen molar-refractivity contribution < 1.29 is 0 Å². The number of nitrogens with two attached hydrogens (primary N) is 1. The Kier molecular flexibility index (Phi) is 2.94. The summed E-state index contributed by atoms with van der Waals surface area (Å²) >= 11 is 0. The van der Waals surface area contributed by atoms with Crippen molar-refractivity contribution in [1.29, 1.82) is 0 Å². The number of aryl methyl sites for hydroxylation is 1. The van der Waals surface area contributed by atoms with Crippen LogP contribution in [0.1, 0.15) is 11.1 Å². The molecule has 102 valence electrons. The Labute approximate surface area is 116 Å². The Morgan fingerprint density at radius 1 is 1.40 bits per heavy atom. The summed E-state index contributed by atoms with van der Waals surface area (Å²) in [7, 11) is 1.97. The predicted octanol–water partition coefficient (Wildman–Crippen LogP) is 1.05. The molecule has 20 heavy (non-hydrogen) atoms. The molecule has 7 nitrogen and oxygen atoms in total. The minimum absolute atomic E-state index is 0.376. The zero-order valence-electron chi connectivity index (χ0n) is 11.4. The van der Waals surface area contributed by atoms with Crippen LogP contribution in [0.4, 0.5) is 11.8 Å². The summed E-state index contributed by atoms with van der Waals surface area (Å²) in [6.45, 7) is 2.77. The van der Waals surface area contributed by atoms with E-state index in [4.69, 9.17) is 5.73 Å². The summed E-state index contributed by atoms with van der Waals surface area (Å²) in [6, 6.07) is 3.87. The molecule has 0 aliphatic rings. The Morgan fingerprint density at radius 3 is 3.05 bits per heavy atom. The van der Waals surface area contributed by atoms with Crippen LogP contribution in [-0.4, -0.2) is 31.6 Å². The Morgan fingerprint density at radius 2 is 2.25 bits per heavy atom. The molecule has 3 aromatic rings. The first-order chi connectivity index (χ1) is 9.65. The van der Waals surface area contributed by atoms with Gasteiger partial charge >= 0.3 is 0 Å². The van der Waals surface area contributed by atoms with E-state index in [2.05, 4.69) is 20.2 Å². The van der Waals surface area contributed by atoms with Gasteiger partial charge in [-0.05, 0) is 24.1 Å². The molecule has 0 saturated carbocycles. The fourth-order valence-electron chi connectivity index (χ4n) is 2.05. The maximum absolute atomic E-state index is 5.90. The van der Waals surface area contributed by atoms with E-state index in [1.54, 1.807) is 16.9 Å². The Balaban J connectivity index is 1.92. The SMILES string of the molecule is Cc1cnccc1CN(C)c1cc2nncn2c(N)n1. The average Bonchev–Trinajstić information content (AvgIpc) is 2.90. The third-order valence-corrected chi connectivity index (χ3v) is 3.24. The number of anilines is 2. The second kappa shape index (κ2) is 4.76. The number of hydrogen-bond acceptors (Lipinski definition) is 6. The van der Waals surface area contributed by atoms with Crippen LogP contribution in [0.5, 0.6) is 0 Å². The van der Waals surface area contributed by atoms with Crippen molar-refractivity contribution in [3.63, 3.8) is 0 Å². The first-order valence-electron chi connectivity index (χ1n) is 6.22. The van der Waals surface area contributed by atoms with Crippen LogP contribution >= 0.6 is 0 Å². The van der Waals surface area contributed by atoms with Gasteiger partial charge in [-0.15, -0.1) is 10.2 Å². The van der Waals surface area contributed by atoms with Gasteiger partial charge in [-0.25, -0.2) is 0 Å². The molecule has 0 spiro atoms.